The van der Waals surface area contributed by atoms with Crippen molar-refractivity contribution < 1.29 is 19.1 Å². The Morgan fingerprint density at radius 3 is 2.40 bits per heavy atom. The van der Waals surface area contributed by atoms with Gasteiger partial charge in [0, 0.05) is 16.4 Å². The zero-order valence-corrected chi connectivity index (χ0v) is 23.2. The highest BCUT2D eigenvalue weighted by molar-refractivity contribution is 8.03. The van der Waals surface area contributed by atoms with Crippen molar-refractivity contribution in [2.24, 2.45) is 0 Å². The van der Waals surface area contributed by atoms with Crippen LogP contribution in [-0.4, -0.2) is 24.2 Å². The predicted molar refractivity (Wildman–Crippen MR) is 158 cm³/mol. The molecule has 0 spiro atoms. The number of ether oxygens (including phenoxy) is 2. The number of allylic oxidation sites excluding steroid dienone is 2. The van der Waals surface area contributed by atoms with Gasteiger partial charge in [0.05, 0.1) is 33.9 Å². The van der Waals surface area contributed by atoms with E-state index < -0.39 is 11.9 Å². The Bertz CT molecular complexity index is 1490. The van der Waals surface area contributed by atoms with E-state index in [9.17, 15) is 14.9 Å². The van der Waals surface area contributed by atoms with Crippen LogP contribution in [0.2, 0.25) is 5.02 Å². The lowest BCUT2D eigenvalue weighted by Gasteiger charge is -2.29. The molecule has 7 nitrogen and oxygen atoms in total. The highest BCUT2D eigenvalue weighted by Gasteiger charge is 2.35. The molecule has 0 bridgehead atoms. The molecule has 0 saturated carbocycles. The number of anilines is 1. The molecule has 1 aliphatic rings. The van der Waals surface area contributed by atoms with Crippen molar-refractivity contribution in [2.45, 2.75) is 12.8 Å². The Morgan fingerprint density at radius 2 is 1.75 bits per heavy atom. The molecule has 40 heavy (non-hydrogen) atoms. The summed E-state index contributed by atoms with van der Waals surface area (Å²) in [6.45, 7) is 5.36. The van der Waals surface area contributed by atoms with Crippen LogP contribution in [-0.2, 0) is 14.3 Å². The normalized spacial score (nSPS) is 14.6. The van der Waals surface area contributed by atoms with E-state index in [2.05, 4.69) is 23.3 Å². The van der Waals surface area contributed by atoms with Gasteiger partial charge >= 0.3 is 5.97 Å². The van der Waals surface area contributed by atoms with Crippen LogP contribution in [0.15, 0.2) is 113 Å². The van der Waals surface area contributed by atoms with E-state index in [1.165, 1.54) is 17.8 Å². The van der Waals surface area contributed by atoms with Gasteiger partial charge in [0.25, 0.3) is 0 Å². The number of amides is 1. The first-order valence-electron chi connectivity index (χ1n) is 12.3. The Balaban J connectivity index is 1.48. The number of thioether (sulfide) groups is 1. The fraction of sp³-hybridized carbons (Fsp3) is 0.129. The van der Waals surface area contributed by atoms with E-state index in [4.69, 9.17) is 21.1 Å². The lowest BCUT2D eigenvalue weighted by Crippen LogP contribution is -2.29. The summed E-state index contributed by atoms with van der Waals surface area (Å²) < 4.78 is 11.1. The molecule has 1 unspecified atom stereocenters. The van der Waals surface area contributed by atoms with E-state index in [1.807, 2.05) is 30.3 Å². The molecule has 202 valence electrons. The topological polar surface area (TPSA) is 100 Å². The van der Waals surface area contributed by atoms with Crippen LogP contribution in [0.25, 0.3) is 0 Å². The molecule has 1 aliphatic heterocycles. The Labute approximate surface area is 242 Å². The third-order valence-electron chi connectivity index (χ3n) is 5.87. The van der Waals surface area contributed by atoms with Gasteiger partial charge < -0.3 is 20.1 Å². The molecule has 1 atom stereocenters. The second kappa shape index (κ2) is 13.6. The monoisotopic (exact) mass is 571 g/mol. The molecule has 0 saturated heterocycles. The maximum absolute atomic E-state index is 13.0. The van der Waals surface area contributed by atoms with Gasteiger partial charge in [0.2, 0.25) is 5.91 Å². The molecule has 0 aliphatic carbocycles. The quantitative estimate of drug-likeness (QED) is 0.201. The number of carbonyl (C=O) groups excluding carboxylic acids is 2. The van der Waals surface area contributed by atoms with Gasteiger partial charge in [0.1, 0.15) is 18.1 Å². The SMILES string of the molecule is C=CCOC(=O)C1=C(C)NC(SCC(=O)Nc2ccc(Oc3ccccc3)cc2)=C(C#N)C1c1ccc(Cl)cc1. The van der Waals surface area contributed by atoms with Crippen molar-refractivity contribution in [3.8, 4) is 17.6 Å². The van der Waals surface area contributed by atoms with Crippen LogP contribution in [0.3, 0.4) is 0 Å². The molecule has 1 amide bonds. The second-order valence-corrected chi connectivity index (χ2v) is 10.1. The molecular formula is C31H26ClN3O4S. The highest BCUT2D eigenvalue weighted by atomic mass is 35.5. The Kier molecular flexibility index (Phi) is 9.68. The fourth-order valence-electron chi connectivity index (χ4n) is 4.06. The van der Waals surface area contributed by atoms with Gasteiger partial charge in [-0.25, -0.2) is 4.79 Å². The standard InChI is InChI=1S/C31H26ClN3O4S/c1-3-17-38-31(37)28-20(2)34-30(26(18-33)29(28)21-9-11-22(32)12-10-21)40-19-27(36)35-23-13-15-25(16-14-23)39-24-7-5-4-6-8-24/h3-16,29,34H,1,17,19H2,2H3,(H,35,36). The van der Waals surface area contributed by atoms with Crippen LogP contribution in [0.1, 0.15) is 18.4 Å². The average molecular weight is 572 g/mol. The zero-order valence-electron chi connectivity index (χ0n) is 21.6. The molecule has 4 rings (SSSR count). The number of benzene rings is 3. The Hall–Kier alpha value is -4.45. The number of nitrogens with one attached hydrogen (secondary N) is 2. The largest absolute Gasteiger partial charge is 0.458 e. The third-order valence-corrected chi connectivity index (χ3v) is 7.14. The van der Waals surface area contributed by atoms with Crippen molar-refractivity contribution >= 4 is 40.9 Å². The summed E-state index contributed by atoms with van der Waals surface area (Å²) in [4.78, 5) is 25.8. The minimum absolute atomic E-state index is 0.0344. The summed E-state index contributed by atoms with van der Waals surface area (Å²) in [5.41, 5.74) is 2.46. The van der Waals surface area contributed by atoms with Crippen molar-refractivity contribution in [3.63, 3.8) is 0 Å². The number of rotatable bonds is 10. The molecule has 0 fully saturated rings. The van der Waals surface area contributed by atoms with Gasteiger partial charge in [0.15, 0.2) is 0 Å². The summed E-state index contributed by atoms with van der Waals surface area (Å²) in [6.07, 6.45) is 1.48. The molecule has 3 aromatic rings. The van der Waals surface area contributed by atoms with E-state index in [0.717, 1.165) is 5.75 Å². The molecular weight excluding hydrogens is 546 g/mol. The van der Waals surface area contributed by atoms with E-state index in [1.54, 1.807) is 55.5 Å². The van der Waals surface area contributed by atoms with E-state index in [-0.39, 0.29) is 18.3 Å². The smallest absolute Gasteiger partial charge is 0.337 e. The molecule has 2 N–H and O–H groups in total. The average Bonchev–Trinajstić information content (AvgIpc) is 2.96. The minimum Gasteiger partial charge on any atom is -0.458 e. The fourth-order valence-corrected chi connectivity index (χ4v) is 5.08. The first-order valence-corrected chi connectivity index (χ1v) is 13.7. The van der Waals surface area contributed by atoms with E-state index >= 15 is 0 Å². The van der Waals surface area contributed by atoms with Gasteiger partial charge in [-0.3, -0.25) is 4.79 Å². The summed E-state index contributed by atoms with van der Waals surface area (Å²) in [7, 11) is 0. The van der Waals surface area contributed by atoms with Crippen LogP contribution in [0, 0.1) is 11.3 Å². The first-order chi connectivity index (χ1) is 19.4. The number of hydrogen-bond donors (Lipinski definition) is 2. The van der Waals surface area contributed by atoms with Crippen LogP contribution >= 0.6 is 23.4 Å². The highest BCUT2D eigenvalue weighted by Crippen LogP contribution is 2.41. The zero-order chi connectivity index (χ0) is 28.5. The second-order valence-electron chi connectivity index (χ2n) is 8.67. The maximum Gasteiger partial charge on any atom is 0.337 e. The molecule has 3 aromatic carbocycles. The Morgan fingerprint density at radius 1 is 1.07 bits per heavy atom. The molecule has 1 heterocycles. The number of carbonyl (C=O) groups is 2. The lowest BCUT2D eigenvalue weighted by molar-refractivity contribution is -0.138. The summed E-state index contributed by atoms with van der Waals surface area (Å²) in [5, 5.41) is 17.2. The number of hydrogen-bond acceptors (Lipinski definition) is 7. The van der Waals surface area contributed by atoms with Crippen molar-refractivity contribution in [2.75, 3.05) is 17.7 Å². The molecule has 0 radical (unpaired) electrons. The number of esters is 1. The number of nitrogens with zero attached hydrogens (tertiary/aromatic N) is 1. The number of dihydropyridines is 1. The summed E-state index contributed by atoms with van der Waals surface area (Å²) >= 11 is 7.26. The van der Waals surface area contributed by atoms with Gasteiger partial charge in [-0.2, -0.15) is 5.26 Å². The summed E-state index contributed by atoms with van der Waals surface area (Å²) in [6, 6.07) is 25.6. The molecule has 9 heteroatoms. The minimum atomic E-state index is -0.691. The number of halogens is 1. The van der Waals surface area contributed by atoms with Gasteiger partial charge in [-0.05, 0) is 61.0 Å². The van der Waals surface area contributed by atoms with Crippen molar-refractivity contribution in [1.29, 1.82) is 5.26 Å². The third kappa shape index (κ3) is 7.14. The molecule has 0 aromatic heterocycles. The van der Waals surface area contributed by atoms with Gasteiger partial charge in [-0.1, -0.05) is 66.3 Å². The first kappa shape index (κ1) is 28.6. The summed E-state index contributed by atoms with van der Waals surface area (Å²) in [5.74, 6) is -0.105. The van der Waals surface area contributed by atoms with Crippen LogP contribution < -0.4 is 15.4 Å². The van der Waals surface area contributed by atoms with Crippen LogP contribution in [0.5, 0.6) is 11.5 Å². The van der Waals surface area contributed by atoms with Crippen molar-refractivity contribution in [3.05, 3.63) is 124 Å². The van der Waals surface area contributed by atoms with Crippen LogP contribution in [0.4, 0.5) is 5.69 Å². The van der Waals surface area contributed by atoms with Gasteiger partial charge in [-0.15, -0.1) is 0 Å². The van der Waals surface area contributed by atoms with E-state index in [0.29, 0.717) is 43.9 Å². The number of para-hydroxylation sites is 1. The predicted octanol–water partition coefficient (Wildman–Crippen LogP) is 6.93. The van der Waals surface area contributed by atoms with Crippen molar-refractivity contribution in [1.82, 2.24) is 5.32 Å². The maximum atomic E-state index is 13.0. The lowest BCUT2D eigenvalue weighted by atomic mass is 9.82. The number of nitriles is 1.